The Balaban J connectivity index is 1.37. The summed E-state index contributed by atoms with van der Waals surface area (Å²) in [7, 11) is 0. The van der Waals surface area contributed by atoms with E-state index in [9.17, 15) is 14.4 Å². The van der Waals surface area contributed by atoms with Crippen molar-refractivity contribution in [1.82, 2.24) is 5.32 Å². The van der Waals surface area contributed by atoms with Gasteiger partial charge in [-0.05, 0) is 59.7 Å². The van der Waals surface area contributed by atoms with Crippen LogP contribution in [-0.2, 0) is 22.8 Å². The molecule has 0 bridgehead atoms. The predicted molar refractivity (Wildman–Crippen MR) is 151 cm³/mol. The topological polar surface area (TPSA) is 84.9 Å². The van der Waals surface area contributed by atoms with Gasteiger partial charge in [0, 0.05) is 10.0 Å². The van der Waals surface area contributed by atoms with Crippen LogP contribution in [0, 0.1) is 0 Å². The predicted octanol–water partition coefficient (Wildman–Crippen LogP) is 6.27. The minimum absolute atomic E-state index is 0.193. The van der Waals surface area contributed by atoms with Crippen LogP contribution in [0.25, 0.3) is 6.08 Å². The molecule has 0 spiro atoms. The third-order valence-electron chi connectivity index (χ3n) is 5.95. The van der Waals surface area contributed by atoms with Crippen LogP contribution in [0.4, 0.5) is 10.5 Å². The largest absolute Gasteiger partial charge is 0.489 e. The number of hydrogen-bond donors (Lipinski definition) is 1. The molecule has 1 aliphatic rings. The molecule has 1 N–H and O–H groups in total. The minimum Gasteiger partial charge on any atom is -0.489 e. The lowest BCUT2D eigenvalue weighted by Gasteiger charge is -2.26. The number of anilines is 1. The molecule has 1 saturated heterocycles. The van der Waals surface area contributed by atoms with Gasteiger partial charge in [-0.1, -0.05) is 76.6 Å². The fourth-order valence-corrected chi connectivity index (χ4v) is 4.36. The van der Waals surface area contributed by atoms with Crippen molar-refractivity contribution in [2.24, 2.45) is 0 Å². The number of barbiturate groups is 1. The van der Waals surface area contributed by atoms with Crippen molar-refractivity contribution in [2.45, 2.75) is 13.2 Å². The Morgan fingerprint density at radius 2 is 1.36 bits per heavy atom. The molecule has 0 unspecified atom stereocenters. The molecule has 39 heavy (non-hydrogen) atoms. The van der Waals surface area contributed by atoms with E-state index in [-0.39, 0.29) is 5.57 Å². The first-order valence-corrected chi connectivity index (χ1v) is 12.9. The molecular weight excluding hydrogens is 560 g/mol. The number of hydrogen-bond acceptors (Lipinski definition) is 5. The second-order valence-electron chi connectivity index (χ2n) is 8.68. The lowest BCUT2D eigenvalue weighted by molar-refractivity contribution is -0.122. The summed E-state index contributed by atoms with van der Waals surface area (Å²) in [6, 6.07) is 30.4. The quantitative estimate of drug-likeness (QED) is 0.195. The number of nitrogens with one attached hydrogen (secondary N) is 1. The molecule has 0 atom stereocenters. The Hall–Kier alpha value is -4.69. The number of halogens is 1. The van der Waals surface area contributed by atoms with E-state index in [4.69, 9.17) is 9.47 Å². The third-order valence-corrected chi connectivity index (χ3v) is 6.45. The van der Waals surface area contributed by atoms with E-state index in [0.29, 0.717) is 36.0 Å². The smallest absolute Gasteiger partial charge is 0.335 e. The number of carbonyl (C=O) groups is 3. The van der Waals surface area contributed by atoms with Gasteiger partial charge in [-0.2, -0.15) is 0 Å². The second kappa shape index (κ2) is 11.8. The van der Waals surface area contributed by atoms with Crippen LogP contribution in [0.3, 0.4) is 0 Å². The highest BCUT2D eigenvalue weighted by atomic mass is 79.9. The second-order valence-corrected chi connectivity index (χ2v) is 9.60. The highest BCUT2D eigenvalue weighted by Crippen LogP contribution is 2.29. The molecule has 4 aromatic rings. The first-order valence-electron chi connectivity index (χ1n) is 12.1. The number of amides is 4. The zero-order valence-electron chi connectivity index (χ0n) is 20.7. The molecule has 5 rings (SSSR count). The Labute approximate surface area is 233 Å². The zero-order valence-corrected chi connectivity index (χ0v) is 22.3. The monoisotopic (exact) mass is 582 g/mol. The summed E-state index contributed by atoms with van der Waals surface area (Å²) in [6.45, 7) is 0.689. The van der Waals surface area contributed by atoms with Gasteiger partial charge in [0.25, 0.3) is 11.8 Å². The summed E-state index contributed by atoms with van der Waals surface area (Å²) < 4.78 is 12.5. The molecular formula is C31H23BrN2O5. The molecule has 1 heterocycles. The molecule has 0 saturated carbocycles. The average molecular weight is 583 g/mol. The molecule has 4 amide bonds. The third kappa shape index (κ3) is 6.25. The molecule has 1 aliphatic heterocycles. The lowest BCUT2D eigenvalue weighted by atomic mass is 10.1. The molecule has 0 radical (unpaired) electrons. The van der Waals surface area contributed by atoms with E-state index in [1.807, 2.05) is 66.7 Å². The normalized spacial score (nSPS) is 14.3. The zero-order chi connectivity index (χ0) is 27.2. The van der Waals surface area contributed by atoms with Crippen LogP contribution in [0.15, 0.2) is 113 Å². The van der Waals surface area contributed by atoms with Gasteiger partial charge in [0.1, 0.15) is 30.3 Å². The number of urea groups is 1. The van der Waals surface area contributed by atoms with E-state index in [0.717, 1.165) is 20.5 Å². The summed E-state index contributed by atoms with van der Waals surface area (Å²) in [6.07, 6.45) is 1.43. The minimum atomic E-state index is -0.824. The lowest BCUT2D eigenvalue weighted by Crippen LogP contribution is -2.54. The van der Waals surface area contributed by atoms with E-state index < -0.39 is 17.8 Å². The molecule has 0 aliphatic carbocycles. The van der Waals surface area contributed by atoms with Crippen molar-refractivity contribution in [1.29, 1.82) is 0 Å². The Morgan fingerprint density at radius 1 is 0.744 bits per heavy atom. The van der Waals surface area contributed by atoms with Gasteiger partial charge in [-0.15, -0.1) is 0 Å². The van der Waals surface area contributed by atoms with E-state index >= 15 is 0 Å². The summed E-state index contributed by atoms with van der Waals surface area (Å²) in [4.78, 5) is 39.7. The van der Waals surface area contributed by atoms with Crippen molar-refractivity contribution >= 4 is 45.5 Å². The molecule has 1 fully saturated rings. The van der Waals surface area contributed by atoms with Gasteiger partial charge in [0.2, 0.25) is 0 Å². The van der Waals surface area contributed by atoms with Gasteiger partial charge in [-0.25, -0.2) is 9.69 Å². The van der Waals surface area contributed by atoms with Crippen LogP contribution in [0.2, 0.25) is 0 Å². The Kier molecular flexibility index (Phi) is 7.84. The van der Waals surface area contributed by atoms with Crippen molar-refractivity contribution in [3.63, 3.8) is 0 Å². The van der Waals surface area contributed by atoms with Crippen LogP contribution in [0.5, 0.6) is 11.5 Å². The highest BCUT2D eigenvalue weighted by Gasteiger charge is 2.37. The summed E-state index contributed by atoms with van der Waals surface area (Å²) >= 11 is 3.43. The number of ether oxygens (including phenoxy) is 2. The first kappa shape index (κ1) is 25.9. The fourth-order valence-electron chi connectivity index (χ4n) is 3.98. The van der Waals surface area contributed by atoms with Crippen molar-refractivity contribution in [2.75, 3.05) is 4.90 Å². The van der Waals surface area contributed by atoms with Crippen molar-refractivity contribution in [3.8, 4) is 11.5 Å². The van der Waals surface area contributed by atoms with Crippen molar-refractivity contribution in [3.05, 3.63) is 130 Å². The molecule has 8 heteroatoms. The van der Waals surface area contributed by atoms with Crippen molar-refractivity contribution < 1.29 is 23.9 Å². The maximum atomic E-state index is 13.4. The van der Waals surface area contributed by atoms with E-state index in [1.165, 1.54) is 6.08 Å². The molecule has 4 aromatic carbocycles. The van der Waals surface area contributed by atoms with Gasteiger partial charge in [0.15, 0.2) is 0 Å². The van der Waals surface area contributed by atoms with E-state index in [1.54, 1.807) is 36.4 Å². The van der Waals surface area contributed by atoms with Gasteiger partial charge >= 0.3 is 6.03 Å². The van der Waals surface area contributed by atoms with Gasteiger partial charge < -0.3 is 9.47 Å². The van der Waals surface area contributed by atoms with E-state index in [2.05, 4.69) is 21.2 Å². The van der Waals surface area contributed by atoms with Crippen LogP contribution >= 0.6 is 15.9 Å². The maximum absolute atomic E-state index is 13.4. The highest BCUT2D eigenvalue weighted by molar-refractivity contribution is 9.10. The maximum Gasteiger partial charge on any atom is 0.335 e. The summed E-state index contributed by atoms with van der Waals surface area (Å²) in [5, 5.41) is 2.26. The number of imide groups is 2. The average Bonchev–Trinajstić information content (AvgIpc) is 2.95. The first-order chi connectivity index (χ1) is 19.0. The Bertz CT molecular complexity index is 1540. The van der Waals surface area contributed by atoms with Crippen LogP contribution < -0.4 is 19.7 Å². The molecule has 0 aromatic heterocycles. The molecule has 7 nitrogen and oxygen atoms in total. The molecule has 194 valence electrons. The number of benzene rings is 4. The fraction of sp³-hybridized carbons (Fsp3) is 0.0645. The number of rotatable bonds is 8. The summed E-state index contributed by atoms with van der Waals surface area (Å²) in [5.74, 6) is -0.457. The SMILES string of the molecule is O=C1NC(=O)N(c2ccc(OCc3ccccc3)cc2)C(=O)/C1=C/c1cc(Br)ccc1OCc1ccccc1. The Morgan fingerprint density at radius 3 is 2.00 bits per heavy atom. The van der Waals surface area contributed by atoms with Gasteiger partial charge in [-0.3, -0.25) is 14.9 Å². The number of nitrogens with zero attached hydrogens (tertiary/aromatic N) is 1. The number of carbonyl (C=O) groups excluding carboxylic acids is 3. The van der Waals surface area contributed by atoms with Crippen LogP contribution in [0.1, 0.15) is 16.7 Å². The van der Waals surface area contributed by atoms with Gasteiger partial charge in [0.05, 0.1) is 5.69 Å². The summed E-state index contributed by atoms with van der Waals surface area (Å²) in [5.41, 5.74) is 2.61. The standard InChI is InChI=1S/C31H23BrN2O5/c32-24-11-16-28(39-20-22-9-5-2-6-10-22)23(17-24)18-27-29(35)33-31(37)34(30(27)36)25-12-14-26(15-13-25)38-19-21-7-3-1-4-8-21/h1-18H,19-20H2,(H,33,35,37)/b27-18+. The van der Waals surface area contributed by atoms with Crippen LogP contribution in [-0.4, -0.2) is 17.8 Å².